The van der Waals surface area contributed by atoms with Crippen molar-refractivity contribution >= 4 is 26.7 Å². The zero-order chi connectivity index (χ0) is 24.8. The number of nitrogens with zero attached hydrogens (tertiary/aromatic N) is 3. The van der Waals surface area contributed by atoms with Gasteiger partial charge in [0.1, 0.15) is 5.69 Å². The van der Waals surface area contributed by atoms with Crippen molar-refractivity contribution in [2.75, 3.05) is 18.8 Å². The molecule has 0 spiro atoms. The maximum absolute atomic E-state index is 13.9. The van der Waals surface area contributed by atoms with Gasteiger partial charge in [-0.05, 0) is 35.8 Å². The highest BCUT2D eigenvalue weighted by Crippen LogP contribution is 2.30. The number of carbonyl (C=O) groups excluding carboxylic acids is 1. The van der Waals surface area contributed by atoms with E-state index in [-0.39, 0.29) is 23.6 Å². The summed E-state index contributed by atoms with van der Waals surface area (Å²) in [6.45, 7) is 5.45. The molecule has 2 heterocycles. The number of hydrogen-bond acceptors (Lipinski definition) is 4. The van der Waals surface area contributed by atoms with Gasteiger partial charge in [-0.2, -0.15) is 0 Å². The van der Waals surface area contributed by atoms with E-state index in [9.17, 15) is 13.2 Å². The second-order valence-electron chi connectivity index (χ2n) is 9.39. The SMILES string of the molecule is CCCCS(=O)(=O)N1CCC(N(Cc2ccccc2)C(=O)c2cc3ccccc3cn2)C(CC)C1. The largest absolute Gasteiger partial charge is 0.330 e. The second-order valence-corrected chi connectivity index (χ2v) is 11.5. The lowest BCUT2D eigenvalue weighted by Crippen LogP contribution is -2.54. The van der Waals surface area contributed by atoms with E-state index in [1.807, 2.05) is 72.5 Å². The van der Waals surface area contributed by atoms with Crippen LogP contribution < -0.4 is 0 Å². The summed E-state index contributed by atoms with van der Waals surface area (Å²) in [4.78, 5) is 20.3. The maximum atomic E-state index is 13.9. The Bertz CT molecular complexity index is 1250. The van der Waals surface area contributed by atoms with E-state index >= 15 is 0 Å². The number of amides is 1. The molecule has 0 aliphatic carbocycles. The molecule has 0 saturated carbocycles. The molecule has 35 heavy (non-hydrogen) atoms. The van der Waals surface area contributed by atoms with E-state index in [1.165, 1.54) is 0 Å². The van der Waals surface area contributed by atoms with E-state index in [2.05, 4.69) is 11.9 Å². The first-order valence-corrected chi connectivity index (χ1v) is 14.2. The number of piperidine rings is 1. The minimum Gasteiger partial charge on any atom is -0.330 e. The number of hydrogen-bond donors (Lipinski definition) is 0. The number of unbranched alkanes of at least 4 members (excludes halogenated alkanes) is 1. The number of sulfonamides is 1. The van der Waals surface area contributed by atoms with Gasteiger partial charge in [0.15, 0.2) is 0 Å². The molecular weight excluding hydrogens is 458 g/mol. The van der Waals surface area contributed by atoms with Crippen LogP contribution in [0.15, 0.2) is 66.9 Å². The fourth-order valence-corrected chi connectivity index (χ4v) is 6.69. The van der Waals surface area contributed by atoms with E-state index < -0.39 is 10.0 Å². The van der Waals surface area contributed by atoms with Gasteiger partial charge in [-0.15, -0.1) is 0 Å². The number of aromatic nitrogens is 1. The molecule has 6 nitrogen and oxygen atoms in total. The van der Waals surface area contributed by atoms with Crippen molar-refractivity contribution < 1.29 is 13.2 Å². The van der Waals surface area contributed by atoms with Gasteiger partial charge >= 0.3 is 0 Å². The first-order valence-electron chi connectivity index (χ1n) is 12.6. The van der Waals surface area contributed by atoms with Gasteiger partial charge in [0, 0.05) is 37.3 Å². The molecule has 4 rings (SSSR count). The van der Waals surface area contributed by atoms with Crippen LogP contribution in [0.25, 0.3) is 10.8 Å². The summed E-state index contributed by atoms with van der Waals surface area (Å²) in [5.41, 5.74) is 1.47. The van der Waals surface area contributed by atoms with Gasteiger partial charge in [-0.1, -0.05) is 81.3 Å². The molecule has 186 valence electrons. The standard InChI is InChI=1S/C28H35N3O3S/c1-3-5-17-35(33,34)30-16-15-27(23(4-2)21-30)31(20-22-11-7-6-8-12-22)28(32)26-18-24-13-9-10-14-25(24)19-29-26/h6-14,18-19,23,27H,3-5,15-17,20-21H2,1-2H3. The number of benzene rings is 2. The number of rotatable bonds is 9. The summed E-state index contributed by atoms with van der Waals surface area (Å²) in [6, 6.07) is 19.7. The predicted molar refractivity (Wildman–Crippen MR) is 141 cm³/mol. The number of pyridine rings is 1. The lowest BCUT2D eigenvalue weighted by atomic mass is 9.89. The molecule has 0 bridgehead atoms. The van der Waals surface area contributed by atoms with Crippen LogP contribution in [0.4, 0.5) is 0 Å². The number of carbonyl (C=O) groups is 1. The van der Waals surface area contributed by atoms with Crippen LogP contribution >= 0.6 is 0 Å². The number of fused-ring (bicyclic) bond motifs is 1. The summed E-state index contributed by atoms with van der Waals surface area (Å²) in [5, 5.41) is 1.98. The average Bonchev–Trinajstić information content (AvgIpc) is 2.90. The topological polar surface area (TPSA) is 70.6 Å². The second kappa shape index (κ2) is 11.3. The van der Waals surface area contributed by atoms with Gasteiger partial charge in [0.05, 0.1) is 5.75 Å². The molecule has 1 aliphatic rings. The zero-order valence-corrected chi connectivity index (χ0v) is 21.5. The lowest BCUT2D eigenvalue weighted by molar-refractivity contribution is 0.0456. The summed E-state index contributed by atoms with van der Waals surface area (Å²) < 4.78 is 27.4. The van der Waals surface area contributed by atoms with Crippen LogP contribution in [-0.4, -0.2) is 53.4 Å². The average molecular weight is 494 g/mol. The van der Waals surface area contributed by atoms with Crippen LogP contribution in [-0.2, 0) is 16.6 Å². The molecule has 2 atom stereocenters. The molecule has 2 aromatic carbocycles. The van der Waals surface area contributed by atoms with Crippen LogP contribution in [0.2, 0.25) is 0 Å². The van der Waals surface area contributed by atoms with Crippen molar-refractivity contribution in [1.82, 2.24) is 14.2 Å². The molecule has 1 aromatic heterocycles. The van der Waals surface area contributed by atoms with Gasteiger partial charge in [0.25, 0.3) is 5.91 Å². The quantitative estimate of drug-likeness (QED) is 0.415. The van der Waals surface area contributed by atoms with Gasteiger partial charge in [-0.25, -0.2) is 12.7 Å². The Hall–Kier alpha value is -2.77. The van der Waals surface area contributed by atoms with E-state index in [0.717, 1.165) is 29.2 Å². The Kier molecular flexibility index (Phi) is 8.19. The molecule has 0 N–H and O–H groups in total. The fraction of sp³-hybridized carbons (Fsp3) is 0.429. The monoisotopic (exact) mass is 493 g/mol. The van der Waals surface area contributed by atoms with Crippen LogP contribution in [0.5, 0.6) is 0 Å². The Morgan fingerprint density at radius 3 is 2.49 bits per heavy atom. The van der Waals surface area contributed by atoms with Crippen molar-refractivity contribution in [2.45, 2.75) is 52.1 Å². The first-order chi connectivity index (χ1) is 16.9. The molecule has 7 heteroatoms. The molecule has 1 fully saturated rings. The third-order valence-electron chi connectivity index (χ3n) is 7.04. The van der Waals surface area contributed by atoms with Crippen LogP contribution in [0.3, 0.4) is 0 Å². The van der Waals surface area contributed by atoms with Gasteiger partial charge < -0.3 is 4.90 Å². The summed E-state index contributed by atoms with van der Waals surface area (Å²) >= 11 is 0. The molecule has 1 saturated heterocycles. The molecular formula is C28H35N3O3S. The molecule has 1 aliphatic heterocycles. The Morgan fingerprint density at radius 2 is 1.77 bits per heavy atom. The Morgan fingerprint density at radius 1 is 1.06 bits per heavy atom. The normalized spacial score (nSPS) is 19.0. The summed E-state index contributed by atoms with van der Waals surface area (Å²) in [5.74, 6) is 0.150. The Balaban J connectivity index is 1.63. The van der Waals surface area contributed by atoms with Crippen molar-refractivity contribution in [3.63, 3.8) is 0 Å². The van der Waals surface area contributed by atoms with Crippen molar-refractivity contribution in [3.8, 4) is 0 Å². The summed E-state index contributed by atoms with van der Waals surface area (Å²) in [7, 11) is -3.28. The van der Waals surface area contributed by atoms with Crippen LogP contribution in [0, 0.1) is 5.92 Å². The molecule has 0 radical (unpaired) electrons. The predicted octanol–water partition coefficient (Wildman–Crippen LogP) is 5.11. The molecule has 3 aromatic rings. The molecule has 2 unspecified atom stereocenters. The zero-order valence-electron chi connectivity index (χ0n) is 20.6. The van der Waals surface area contributed by atoms with E-state index in [1.54, 1.807) is 10.5 Å². The highest BCUT2D eigenvalue weighted by atomic mass is 32.2. The smallest absolute Gasteiger partial charge is 0.273 e. The van der Waals surface area contributed by atoms with Gasteiger partial charge in [0.2, 0.25) is 10.0 Å². The van der Waals surface area contributed by atoms with Crippen molar-refractivity contribution in [1.29, 1.82) is 0 Å². The van der Waals surface area contributed by atoms with E-state index in [0.29, 0.717) is 38.2 Å². The van der Waals surface area contributed by atoms with Crippen molar-refractivity contribution in [2.24, 2.45) is 5.92 Å². The van der Waals surface area contributed by atoms with E-state index in [4.69, 9.17) is 0 Å². The Labute approximate surface area is 209 Å². The van der Waals surface area contributed by atoms with Crippen molar-refractivity contribution in [3.05, 3.63) is 78.1 Å². The van der Waals surface area contributed by atoms with Gasteiger partial charge in [-0.3, -0.25) is 9.78 Å². The third-order valence-corrected chi connectivity index (χ3v) is 8.96. The highest BCUT2D eigenvalue weighted by molar-refractivity contribution is 7.89. The fourth-order valence-electron chi connectivity index (χ4n) is 4.97. The molecule has 1 amide bonds. The highest BCUT2D eigenvalue weighted by Gasteiger charge is 2.38. The maximum Gasteiger partial charge on any atom is 0.273 e. The third kappa shape index (κ3) is 5.90. The lowest BCUT2D eigenvalue weighted by Gasteiger charge is -2.43. The summed E-state index contributed by atoms with van der Waals surface area (Å²) in [6.07, 6.45) is 4.70. The first kappa shape index (κ1) is 25.3. The minimum atomic E-state index is -3.28. The minimum absolute atomic E-state index is 0.0569. The van der Waals surface area contributed by atoms with Crippen LogP contribution in [0.1, 0.15) is 55.6 Å².